The molecule has 5 nitrogen and oxygen atoms in total. The minimum Gasteiger partial charge on any atom is -0.301 e. The summed E-state index contributed by atoms with van der Waals surface area (Å²) in [4.78, 5) is 9.63. The quantitative estimate of drug-likeness (QED) is 0.644. The van der Waals surface area contributed by atoms with Crippen molar-refractivity contribution < 1.29 is 13.3 Å². The minimum atomic E-state index is -3.63. The van der Waals surface area contributed by atoms with Crippen LogP contribution in [0.5, 0.6) is 0 Å². The fraction of sp³-hybridized carbons (Fsp3) is 0.538. The number of hydrogen-bond acceptors (Lipinski definition) is 4. The van der Waals surface area contributed by atoms with Crippen LogP contribution in [0.2, 0.25) is 5.02 Å². The molecule has 0 radical (unpaired) electrons. The molecule has 2 rings (SSSR count). The third-order valence-corrected chi connectivity index (χ3v) is 4.73. The molecule has 0 amide bonds. The van der Waals surface area contributed by atoms with Crippen LogP contribution in [-0.4, -0.2) is 39.6 Å². The Hall–Kier alpha value is -0.660. The molecule has 0 saturated carbocycles. The highest BCUT2D eigenvalue weighted by Crippen LogP contribution is 2.13. The molecule has 112 valence electrons. The molecule has 0 aliphatic carbocycles. The average molecular weight is 319 g/mol. The second-order valence-electron chi connectivity index (χ2n) is 4.79. The normalized spacial score (nSPS) is 17.2. The molecule has 1 aliphatic rings. The molecule has 0 bridgehead atoms. The lowest BCUT2D eigenvalue weighted by molar-refractivity contribution is 0.0656. The van der Waals surface area contributed by atoms with Crippen LogP contribution in [0.3, 0.4) is 0 Å². The van der Waals surface area contributed by atoms with E-state index < -0.39 is 10.0 Å². The van der Waals surface area contributed by atoms with Crippen molar-refractivity contribution in [3.8, 4) is 0 Å². The van der Waals surface area contributed by atoms with Gasteiger partial charge in [0.2, 0.25) is 0 Å². The van der Waals surface area contributed by atoms with Crippen LogP contribution in [0.25, 0.3) is 0 Å². The van der Waals surface area contributed by atoms with E-state index in [1.807, 2.05) is 0 Å². The van der Waals surface area contributed by atoms with Crippen LogP contribution in [0.15, 0.2) is 29.2 Å². The maximum absolute atomic E-state index is 11.9. The van der Waals surface area contributed by atoms with Gasteiger partial charge in [0.05, 0.1) is 11.5 Å². The van der Waals surface area contributed by atoms with E-state index in [1.165, 1.54) is 43.5 Å². The van der Waals surface area contributed by atoms with E-state index in [2.05, 4.69) is 9.79 Å². The monoisotopic (exact) mass is 318 g/mol. The van der Waals surface area contributed by atoms with Gasteiger partial charge in [0.25, 0.3) is 10.0 Å². The standard InChI is InChI=1S/C13H19ClN2O3S/c14-12-4-6-13(7-5-12)20(17,18)15-19-11-10-16-8-2-1-3-9-16/h4-7,15H,1-3,8-11H2. The summed E-state index contributed by atoms with van der Waals surface area (Å²) in [7, 11) is -3.63. The van der Waals surface area contributed by atoms with Crippen molar-refractivity contribution in [1.29, 1.82) is 0 Å². The Morgan fingerprint density at radius 1 is 1.15 bits per heavy atom. The van der Waals surface area contributed by atoms with E-state index in [4.69, 9.17) is 16.4 Å². The number of likely N-dealkylation sites (tertiary alicyclic amines) is 1. The second kappa shape index (κ2) is 7.38. The van der Waals surface area contributed by atoms with Gasteiger partial charge < -0.3 is 4.90 Å². The van der Waals surface area contributed by atoms with Crippen LogP contribution in [-0.2, 0) is 14.9 Å². The summed E-state index contributed by atoms with van der Waals surface area (Å²) in [6.07, 6.45) is 3.69. The number of rotatable bonds is 6. The predicted molar refractivity (Wildman–Crippen MR) is 78.0 cm³/mol. The largest absolute Gasteiger partial charge is 0.301 e. The van der Waals surface area contributed by atoms with Crippen molar-refractivity contribution in [1.82, 2.24) is 9.79 Å². The number of benzene rings is 1. The summed E-state index contributed by atoms with van der Waals surface area (Å²) < 4.78 is 23.8. The predicted octanol–water partition coefficient (Wildman–Crippen LogP) is 2.04. The first kappa shape index (κ1) is 15.7. The van der Waals surface area contributed by atoms with Crippen LogP contribution in [0, 0.1) is 0 Å². The molecular formula is C13H19ClN2O3S. The van der Waals surface area contributed by atoms with Gasteiger partial charge in [-0.2, -0.15) is 0 Å². The number of hydrogen-bond donors (Lipinski definition) is 1. The maximum Gasteiger partial charge on any atom is 0.262 e. The molecule has 0 aromatic heterocycles. The summed E-state index contributed by atoms with van der Waals surface area (Å²) in [5.41, 5.74) is 0. The van der Waals surface area contributed by atoms with E-state index in [9.17, 15) is 8.42 Å². The van der Waals surface area contributed by atoms with Gasteiger partial charge in [0.1, 0.15) is 0 Å². The third-order valence-electron chi connectivity index (χ3n) is 3.25. The van der Waals surface area contributed by atoms with Crippen LogP contribution >= 0.6 is 11.6 Å². The molecule has 1 N–H and O–H groups in total. The Morgan fingerprint density at radius 3 is 2.45 bits per heavy atom. The minimum absolute atomic E-state index is 0.139. The highest BCUT2D eigenvalue weighted by atomic mass is 35.5. The summed E-state index contributed by atoms with van der Waals surface area (Å²) in [5, 5.41) is 0.495. The third kappa shape index (κ3) is 4.71. The lowest BCUT2D eigenvalue weighted by Crippen LogP contribution is -2.35. The SMILES string of the molecule is O=S(=O)(NOCCN1CCCCC1)c1ccc(Cl)cc1. The Morgan fingerprint density at radius 2 is 1.80 bits per heavy atom. The fourth-order valence-corrected chi connectivity index (χ4v) is 3.09. The summed E-state index contributed by atoms with van der Waals surface area (Å²) in [6, 6.07) is 5.95. The van der Waals surface area contributed by atoms with E-state index >= 15 is 0 Å². The molecule has 1 saturated heterocycles. The first-order valence-electron chi connectivity index (χ1n) is 6.69. The average Bonchev–Trinajstić information content (AvgIpc) is 2.45. The molecule has 0 unspecified atom stereocenters. The lowest BCUT2D eigenvalue weighted by Gasteiger charge is -2.25. The van der Waals surface area contributed by atoms with Crippen molar-refractivity contribution in [3.63, 3.8) is 0 Å². The molecule has 0 atom stereocenters. The van der Waals surface area contributed by atoms with Crippen molar-refractivity contribution in [3.05, 3.63) is 29.3 Å². The molecule has 1 aromatic carbocycles. The number of nitrogens with one attached hydrogen (secondary N) is 1. The molecule has 0 spiro atoms. The number of piperidine rings is 1. The molecule has 1 heterocycles. The zero-order chi connectivity index (χ0) is 14.4. The fourth-order valence-electron chi connectivity index (χ4n) is 2.14. The number of sulfonamides is 1. The molecule has 1 aliphatic heterocycles. The van der Waals surface area contributed by atoms with Gasteiger partial charge in [0.15, 0.2) is 0 Å². The first-order chi connectivity index (χ1) is 9.58. The molecule has 20 heavy (non-hydrogen) atoms. The summed E-state index contributed by atoms with van der Waals surface area (Å²) >= 11 is 5.72. The van der Waals surface area contributed by atoms with Gasteiger partial charge >= 0.3 is 0 Å². The van der Waals surface area contributed by atoms with Crippen LogP contribution in [0.1, 0.15) is 19.3 Å². The van der Waals surface area contributed by atoms with E-state index in [0.717, 1.165) is 19.6 Å². The van der Waals surface area contributed by atoms with Gasteiger partial charge in [0, 0.05) is 11.6 Å². The zero-order valence-electron chi connectivity index (χ0n) is 11.2. The maximum atomic E-state index is 11.9. The van der Waals surface area contributed by atoms with Crippen molar-refractivity contribution in [2.24, 2.45) is 0 Å². The van der Waals surface area contributed by atoms with E-state index in [0.29, 0.717) is 11.6 Å². The highest BCUT2D eigenvalue weighted by Gasteiger charge is 2.14. The van der Waals surface area contributed by atoms with Gasteiger partial charge in [-0.15, -0.1) is 0 Å². The zero-order valence-corrected chi connectivity index (χ0v) is 12.8. The molecular weight excluding hydrogens is 300 g/mol. The number of halogens is 1. The van der Waals surface area contributed by atoms with Crippen molar-refractivity contribution in [2.45, 2.75) is 24.2 Å². The van der Waals surface area contributed by atoms with Gasteiger partial charge in [-0.3, -0.25) is 4.84 Å². The van der Waals surface area contributed by atoms with Crippen LogP contribution in [0.4, 0.5) is 0 Å². The van der Waals surface area contributed by atoms with Crippen molar-refractivity contribution in [2.75, 3.05) is 26.2 Å². The lowest BCUT2D eigenvalue weighted by atomic mass is 10.1. The van der Waals surface area contributed by atoms with Crippen molar-refractivity contribution >= 4 is 21.6 Å². The van der Waals surface area contributed by atoms with Gasteiger partial charge in [-0.1, -0.05) is 22.9 Å². The van der Waals surface area contributed by atoms with Gasteiger partial charge in [-0.05, 0) is 50.2 Å². The Bertz CT molecular complexity index is 513. The molecule has 1 fully saturated rings. The smallest absolute Gasteiger partial charge is 0.262 e. The van der Waals surface area contributed by atoms with E-state index in [-0.39, 0.29) is 4.90 Å². The first-order valence-corrected chi connectivity index (χ1v) is 8.55. The number of nitrogens with zero attached hydrogens (tertiary/aromatic N) is 1. The molecule has 1 aromatic rings. The molecule has 7 heteroatoms. The topological polar surface area (TPSA) is 58.6 Å². The Labute approximate surface area is 124 Å². The second-order valence-corrected chi connectivity index (χ2v) is 6.87. The highest BCUT2D eigenvalue weighted by molar-refractivity contribution is 7.89. The summed E-state index contributed by atoms with van der Waals surface area (Å²) in [6.45, 7) is 3.20. The Balaban J connectivity index is 1.76. The summed E-state index contributed by atoms with van der Waals surface area (Å²) in [5.74, 6) is 0. The van der Waals surface area contributed by atoms with Gasteiger partial charge in [-0.25, -0.2) is 8.42 Å². The Kier molecular flexibility index (Phi) is 5.80. The van der Waals surface area contributed by atoms with E-state index in [1.54, 1.807) is 0 Å². The van der Waals surface area contributed by atoms with Crippen LogP contribution < -0.4 is 4.89 Å².